The lowest BCUT2D eigenvalue weighted by Crippen LogP contribution is -2.04. The maximum atomic E-state index is 11.2. The van der Waals surface area contributed by atoms with Crippen LogP contribution < -0.4 is 5.32 Å². The summed E-state index contributed by atoms with van der Waals surface area (Å²) in [6.45, 7) is 0.496. The molecule has 2 aromatic heterocycles. The number of carboxylic acids is 1. The molecule has 3 rings (SSSR count). The lowest BCUT2D eigenvalue weighted by molar-refractivity contribution is 0.0698. The Morgan fingerprint density at radius 1 is 1.20 bits per heavy atom. The summed E-state index contributed by atoms with van der Waals surface area (Å²) in [5, 5.41) is 13.8. The van der Waals surface area contributed by atoms with E-state index in [9.17, 15) is 9.90 Å². The molecule has 20 heavy (non-hydrogen) atoms. The van der Waals surface area contributed by atoms with E-state index in [1.165, 1.54) is 6.20 Å². The number of nitrogens with one attached hydrogen (secondary N) is 1. The van der Waals surface area contributed by atoms with E-state index in [4.69, 9.17) is 4.42 Å². The van der Waals surface area contributed by atoms with Crippen molar-refractivity contribution < 1.29 is 14.3 Å². The molecule has 0 bridgehead atoms. The molecule has 1 aromatic carbocycles. The van der Waals surface area contributed by atoms with E-state index in [1.807, 2.05) is 30.3 Å². The number of anilines is 1. The monoisotopic (exact) mass is 268 g/mol. The zero-order valence-corrected chi connectivity index (χ0v) is 10.5. The van der Waals surface area contributed by atoms with Crippen molar-refractivity contribution in [2.24, 2.45) is 0 Å². The predicted molar refractivity (Wildman–Crippen MR) is 74.7 cm³/mol. The number of rotatable bonds is 4. The number of fused-ring (bicyclic) bond motifs is 1. The van der Waals surface area contributed by atoms with E-state index in [2.05, 4.69) is 10.3 Å². The normalized spacial score (nSPS) is 10.6. The van der Waals surface area contributed by atoms with Gasteiger partial charge in [0.25, 0.3) is 0 Å². The molecule has 0 spiro atoms. The Kier molecular flexibility index (Phi) is 3.09. The van der Waals surface area contributed by atoms with Gasteiger partial charge in [0.15, 0.2) is 0 Å². The molecule has 0 fully saturated rings. The molecule has 0 saturated carbocycles. The molecule has 0 radical (unpaired) electrons. The van der Waals surface area contributed by atoms with Crippen molar-refractivity contribution in [1.82, 2.24) is 4.98 Å². The first kappa shape index (κ1) is 12.2. The quantitative estimate of drug-likeness (QED) is 0.760. The van der Waals surface area contributed by atoms with E-state index in [1.54, 1.807) is 12.3 Å². The topological polar surface area (TPSA) is 75.4 Å². The van der Waals surface area contributed by atoms with Crippen LogP contribution in [0.3, 0.4) is 0 Å². The maximum absolute atomic E-state index is 11.2. The lowest BCUT2D eigenvalue weighted by atomic mass is 10.1. The highest BCUT2D eigenvalue weighted by molar-refractivity contribution is 6.06. The Hall–Kier alpha value is -2.82. The van der Waals surface area contributed by atoms with Crippen LogP contribution in [-0.4, -0.2) is 16.1 Å². The first-order chi connectivity index (χ1) is 9.75. The van der Waals surface area contributed by atoms with Crippen molar-refractivity contribution in [2.45, 2.75) is 6.54 Å². The average Bonchev–Trinajstić information content (AvgIpc) is 2.97. The molecule has 0 unspecified atom stereocenters. The van der Waals surface area contributed by atoms with Gasteiger partial charge in [-0.1, -0.05) is 24.3 Å². The Balaban J connectivity index is 1.99. The summed E-state index contributed by atoms with van der Waals surface area (Å²) in [4.78, 5) is 15.4. The Morgan fingerprint density at radius 3 is 2.70 bits per heavy atom. The third kappa shape index (κ3) is 2.21. The van der Waals surface area contributed by atoms with E-state index in [0.29, 0.717) is 17.7 Å². The van der Waals surface area contributed by atoms with Crippen LogP contribution in [0.4, 0.5) is 5.82 Å². The molecule has 5 heteroatoms. The summed E-state index contributed by atoms with van der Waals surface area (Å²) >= 11 is 0. The smallest absolute Gasteiger partial charge is 0.337 e. The summed E-state index contributed by atoms with van der Waals surface area (Å²) in [6, 6.07) is 11.0. The van der Waals surface area contributed by atoms with E-state index in [0.717, 1.165) is 11.1 Å². The van der Waals surface area contributed by atoms with Gasteiger partial charge in [0, 0.05) is 17.0 Å². The van der Waals surface area contributed by atoms with Crippen molar-refractivity contribution in [3.8, 4) is 0 Å². The van der Waals surface area contributed by atoms with Gasteiger partial charge < -0.3 is 14.8 Å². The molecule has 2 heterocycles. The van der Waals surface area contributed by atoms with Gasteiger partial charge in [-0.2, -0.15) is 0 Å². The first-order valence-electron chi connectivity index (χ1n) is 6.13. The number of hydrogen-bond acceptors (Lipinski definition) is 4. The molecular weight excluding hydrogens is 256 g/mol. The van der Waals surface area contributed by atoms with Crippen LogP contribution in [0.1, 0.15) is 16.1 Å². The van der Waals surface area contributed by atoms with Crippen LogP contribution in [0.2, 0.25) is 0 Å². The van der Waals surface area contributed by atoms with Crippen molar-refractivity contribution in [1.29, 1.82) is 0 Å². The molecule has 3 aromatic rings. The van der Waals surface area contributed by atoms with E-state index < -0.39 is 5.97 Å². The average molecular weight is 268 g/mol. The molecule has 0 aliphatic heterocycles. The summed E-state index contributed by atoms with van der Waals surface area (Å²) < 4.78 is 5.24. The van der Waals surface area contributed by atoms with Crippen LogP contribution in [0.25, 0.3) is 10.8 Å². The summed E-state index contributed by atoms with van der Waals surface area (Å²) in [6.07, 6.45) is 2.98. The summed E-state index contributed by atoms with van der Waals surface area (Å²) in [5.74, 6) is 0.450. The van der Waals surface area contributed by atoms with Gasteiger partial charge in [-0.3, -0.25) is 0 Å². The van der Waals surface area contributed by atoms with Gasteiger partial charge >= 0.3 is 5.97 Å². The van der Waals surface area contributed by atoms with Crippen LogP contribution in [0.15, 0.2) is 53.3 Å². The van der Waals surface area contributed by atoms with Crippen molar-refractivity contribution in [3.63, 3.8) is 0 Å². The zero-order chi connectivity index (χ0) is 13.9. The molecule has 0 aliphatic carbocycles. The van der Waals surface area contributed by atoms with E-state index >= 15 is 0 Å². The molecule has 2 N–H and O–H groups in total. The standard InChI is InChI=1S/C15H12N2O3/c18-15(19)13-9-17-14(12-6-2-1-5-11(12)13)16-8-10-4-3-7-20-10/h1-7,9H,8H2,(H,16,17)(H,18,19). The Bertz CT molecular complexity index is 751. The maximum Gasteiger partial charge on any atom is 0.337 e. The van der Waals surface area contributed by atoms with Gasteiger partial charge in [-0.25, -0.2) is 9.78 Å². The van der Waals surface area contributed by atoms with Crippen LogP contribution in [0.5, 0.6) is 0 Å². The van der Waals surface area contributed by atoms with Crippen LogP contribution in [0, 0.1) is 0 Å². The highest BCUT2D eigenvalue weighted by atomic mass is 16.4. The molecule has 5 nitrogen and oxygen atoms in total. The fourth-order valence-electron chi connectivity index (χ4n) is 2.09. The molecule has 0 aliphatic rings. The SMILES string of the molecule is O=C(O)c1cnc(NCc2ccco2)c2ccccc12. The first-order valence-corrected chi connectivity index (χ1v) is 6.13. The summed E-state index contributed by atoms with van der Waals surface area (Å²) in [7, 11) is 0. The molecule has 0 atom stereocenters. The second-order valence-electron chi connectivity index (χ2n) is 4.30. The fraction of sp³-hybridized carbons (Fsp3) is 0.0667. The summed E-state index contributed by atoms with van der Waals surface area (Å²) in [5.41, 5.74) is 0.198. The van der Waals surface area contributed by atoms with Gasteiger partial charge in [0.05, 0.1) is 18.4 Å². The number of aromatic nitrogens is 1. The molecular formula is C15H12N2O3. The van der Waals surface area contributed by atoms with Gasteiger partial charge in [-0.15, -0.1) is 0 Å². The largest absolute Gasteiger partial charge is 0.478 e. The number of aromatic carboxylic acids is 1. The Labute approximate surface area is 114 Å². The number of benzene rings is 1. The number of nitrogens with zero attached hydrogens (tertiary/aromatic N) is 1. The van der Waals surface area contributed by atoms with E-state index in [-0.39, 0.29) is 5.56 Å². The zero-order valence-electron chi connectivity index (χ0n) is 10.5. The minimum Gasteiger partial charge on any atom is -0.478 e. The van der Waals surface area contributed by atoms with Gasteiger partial charge in [0.1, 0.15) is 11.6 Å². The molecule has 0 saturated heterocycles. The number of carboxylic acid groups (broad SMARTS) is 1. The second-order valence-corrected chi connectivity index (χ2v) is 4.30. The van der Waals surface area contributed by atoms with Crippen LogP contribution in [-0.2, 0) is 6.54 Å². The number of carbonyl (C=O) groups is 1. The molecule has 0 amide bonds. The fourth-order valence-corrected chi connectivity index (χ4v) is 2.09. The van der Waals surface area contributed by atoms with Crippen LogP contribution >= 0.6 is 0 Å². The number of hydrogen-bond donors (Lipinski definition) is 2. The lowest BCUT2D eigenvalue weighted by Gasteiger charge is -2.09. The second kappa shape index (κ2) is 5.05. The highest BCUT2D eigenvalue weighted by Gasteiger charge is 2.12. The highest BCUT2D eigenvalue weighted by Crippen LogP contribution is 2.24. The van der Waals surface area contributed by atoms with Gasteiger partial charge in [0.2, 0.25) is 0 Å². The number of furan rings is 1. The number of pyridine rings is 1. The third-order valence-corrected chi connectivity index (χ3v) is 3.04. The van der Waals surface area contributed by atoms with Crippen molar-refractivity contribution >= 4 is 22.6 Å². The predicted octanol–water partition coefficient (Wildman–Crippen LogP) is 3.14. The Morgan fingerprint density at radius 2 is 2.00 bits per heavy atom. The minimum absolute atomic E-state index is 0.198. The van der Waals surface area contributed by atoms with Crippen molar-refractivity contribution in [2.75, 3.05) is 5.32 Å². The third-order valence-electron chi connectivity index (χ3n) is 3.04. The minimum atomic E-state index is -0.980. The van der Waals surface area contributed by atoms with Gasteiger partial charge in [-0.05, 0) is 12.1 Å². The molecule has 100 valence electrons. The van der Waals surface area contributed by atoms with Crippen molar-refractivity contribution in [3.05, 3.63) is 60.2 Å².